The fourth-order valence-corrected chi connectivity index (χ4v) is 1.98. The molecule has 82 valence electrons. The second-order valence-corrected chi connectivity index (χ2v) is 4.28. The highest BCUT2D eigenvalue weighted by atomic mass is 79.9. The van der Waals surface area contributed by atoms with Gasteiger partial charge in [0.15, 0.2) is 0 Å². The summed E-state index contributed by atoms with van der Waals surface area (Å²) in [5.41, 5.74) is 2.42. The van der Waals surface area contributed by atoms with E-state index in [4.69, 9.17) is 11.6 Å². The number of aromatic nitrogens is 1. The predicted octanol–water partition coefficient (Wildman–Crippen LogP) is 4.44. The lowest BCUT2D eigenvalue weighted by molar-refractivity contribution is 0.628. The second-order valence-electron chi connectivity index (χ2n) is 3.33. The maximum Gasteiger partial charge on any atom is 0.130 e. The molecule has 2 aromatic rings. The maximum atomic E-state index is 13.1. The Bertz CT molecular complexity index is 516. The van der Waals surface area contributed by atoms with Gasteiger partial charge in [0.05, 0.1) is 5.69 Å². The Morgan fingerprint density at radius 2 is 2.06 bits per heavy atom. The van der Waals surface area contributed by atoms with E-state index in [2.05, 4.69) is 20.9 Å². The average Bonchev–Trinajstić information content (AvgIpc) is 2.28. The van der Waals surface area contributed by atoms with Crippen LogP contribution in [0.3, 0.4) is 0 Å². The topological polar surface area (TPSA) is 12.9 Å². The van der Waals surface area contributed by atoms with Gasteiger partial charge >= 0.3 is 0 Å². The summed E-state index contributed by atoms with van der Waals surface area (Å²) in [7, 11) is 0. The van der Waals surface area contributed by atoms with Crippen molar-refractivity contribution in [1.82, 2.24) is 4.98 Å². The number of benzene rings is 1. The molecule has 0 spiro atoms. The van der Waals surface area contributed by atoms with Gasteiger partial charge in [0, 0.05) is 10.9 Å². The van der Waals surface area contributed by atoms with Crippen LogP contribution in [0.1, 0.15) is 5.56 Å². The summed E-state index contributed by atoms with van der Waals surface area (Å²) in [6.07, 6.45) is 0. The molecule has 0 atom stereocenters. The molecule has 1 aromatic carbocycles. The van der Waals surface area contributed by atoms with Crippen LogP contribution in [0.5, 0.6) is 0 Å². The van der Waals surface area contributed by atoms with Gasteiger partial charge in [-0.05, 0) is 29.8 Å². The third kappa shape index (κ3) is 2.60. The third-order valence-electron chi connectivity index (χ3n) is 2.13. The zero-order valence-electron chi connectivity index (χ0n) is 8.25. The molecule has 0 amide bonds. The molecule has 0 aliphatic carbocycles. The number of alkyl halides is 1. The van der Waals surface area contributed by atoms with Crippen LogP contribution in [0.4, 0.5) is 4.39 Å². The summed E-state index contributed by atoms with van der Waals surface area (Å²) >= 11 is 9.25. The van der Waals surface area contributed by atoms with Crippen molar-refractivity contribution < 1.29 is 4.39 Å². The molecule has 1 aromatic heterocycles. The van der Waals surface area contributed by atoms with E-state index in [1.807, 2.05) is 6.07 Å². The van der Waals surface area contributed by atoms with Gasteiger partial charge in [-0.25, -0.2) is 9.37 Å². The van der Waals surface area contributed by atoms with Gasteiger partial charge in [-0.15, -0.1) is 0 Å². The zero-order chi connectivity index (χ0) is 11.5. The van der Waals surface area contributed by atoms with Crippen LogP contribution in [-0.4, -0.2) is 4.98 Å². The van der Waals surface area contributed by atoms with E-state index in [1.165, 1.54) is 12.1 Å². The van der Waals surface area contributed by atoms with Crippen molar-refractivity contribution in [2.75, 3.05) is 0 Å². The Kier molecular flexibility index (Phi) is 3.56. The molecule has 0 bridgehead atoms. The van der Waals surface area contributed by atoms with Crippen LogP contribution in [-0.2, 0) is 5.33 Å². The molecule has 1 nitrogen and oxygen atoms in total. The number of rotatable bonds is 2. The van der Waals surface area contributed by atoms with Crippen LogP contribution in [0.15, 0.2) is 36.4 Å². The summed E-state index contributed by atoms with van der Waals surface area (Å²) in [6, 6.07) is 9.96. The van der Waals surface area contributed by atoms with Crippen LogP contribution >= 0.6 is 27.5 Å². The molecule has 0 fully saturated rings. The van der Waals surface area contributed by atoms with Crippen molar-refractivity contribution in [3.63, 3.8) is 0 Å². The second kappa shape index (κ2) is 4.93. The first-order chi connectivity index (χ1) is 7.69. The molecule has 1 heterocycles. The molecule has 0 saturated heterocycles. The summed E-state index contributed by atoms with van der Waals surface area (Å²) in [4.78, 5) is 4.17. The van der Waals surface area contributed by atoms with Crippen molar-refractivity contribution in [2.45, 2.75) is 5.33 Å². The van der Waals surface area contributed by atoms with E-state index in [1.54, 1.807) is 18.2 Å². The minimum absolute atomic E-state index is 0.278. The van der Waals surface area contributed by atoms with Crippen molar-refractivity contribution in [3.05, 3.63) is 52.9 Å². The molecule has 0 aliphatic heterocycles. The van der Waals surface area contributed by atoms with Crippen molar-refractivity contribution in [2.24, 2.45) is 0 Å². The van der Waals surface area contributed by atoms with E-state index in [0.29, 0.717) is 16.2 Å². The molecule has 0 saturated carbocycles. The van der Waals surface area contributed by atoms with Gasteiger partial charge < -0.3 is 0 Å². The number of halogens is 3. The molecule has 0 N–H and O–H groups in total. The number of hydrogen-bond acceptors (Lipinski definition) is 1. The highest BCUT2D eigenvalue weighted by molar-refractivity contribution is 9.08. The zero-order valence-corrected chi connectivity index (χ0v) is 10.6. The van der Waals surface area contributed by atoms with E-state index in [0.717, 1.165) is 11.1 Å². The third-order valence-corrected chi connectivity index (χ3v) is 2.97. The van der Waals surface area contributed by atoms with Gasteiger partial charge in [-0.1, -0.05) is 39.7 Å². The van der Waals surface area contributed by atoms with Gasteiger partial charge in [-0.3, -0.25) is 0 Å². The highest BCUT2D eigenvalue weighted by Gasteiger charge is 2.04. The smallest absolute Gasteiger partial charge is 0.130 e. The first-order valence-electron chi connectivity index (χ1n) is 4.67. The average molecular weight is 301 g/mol. The van der Waals surface area contributed by atoms with Crippen LogP contribution in [0.2, 0.25) is 5.15 Å². The molecule has 0 radical (unpaired) electrons. The maximum absolute atomic E-state index is 13.1. The number of hydrogen-bond donors (Lipinski definition) is 0. The fourth-order valence-electron chi connectivity index (χ4n) is 1.42. The lowest BCUT2D eigenvalue weighted by Crippen LogP contribution is -1.88. The lowest BCUT2D eigenvalue weighted by Gasteiger charge is -2.04. The first kappa shape index (κ1) is 11.6. The Balaban J connectivity index is 2.51. The fraction of sp³-hybridized carbons (Fsp3) is 0.0833. The Labute approximate surface area is 106 Å². The standard InChI is InChI=1S/C12H8BrClFN/c13-7-8-4-11(16-12(14)5-8)9-2-1-3-10(15)6-9/h1-6H,7H2. The van der Waals surface area contributed by atoms with Crippen LogP contribution in [0.25, 0.3) is 11.3 Å². The normalized spacial score (nSPS) is 10.4. The van der Waals surface area contributed by atoms with E-state index < -0.39 is 0 Å². The minimum Gasteiger partial charge on any atom is -0.236 e. The number of nitrogens with zero attached hydrogens (tertiary/aromatic N) is 1. The Hall–Kier alpha value is -0.930. The number of pyridine rings is 1. The van der Waals surface area contributed by atoms with Crippen LogP contribution in [0, 0.1) is 5.82 Å². The molecular weight excluding hydrogens is 292 g/mol. The molecule has 16 heavy (non-hydrogen) atoms. The summed E-state index contributed by atoms with van der Waals surface area (Å²) < 4.78 is 13.1. The predicted molar refractivity (Wildman–Crippen MR) is 67.3 cm³/mol. The highest BCUT2D eigenvalue weighted by Crippen LogP contribution is 2.22. The van der Waals surface area contributed by atoms with Gasteiger partial charge in [0.2, 0.25) is 0 Å². The van der Waals surface area contributed by atoms with E-state index >= 15 is 0 Å². The Morgan fingerprint density at radius 3 is 2.75 bits per heavy atom. The monoisotopic (exact) mass is 299 g/mol. The largest absolute Gasteiger partial charge is 0.236 e. The molecule has 4 heteroatoms. The summed E-state index contributed by atoms with van der Waals surface area (Å²) in [6.45, 7) is 0. The SMILES string of the molecule is Fc1cccc(-c2cc(CBr)cc(Cl)n2)c1. The lowest BCUT2D eigenvalue weighted by atomic mass is 10.1. The van der Waals surface area contributed by atoms with Crippen molar-refractivity contribution in [3.8, 4) is 11.3 Å². The van der Waals surface area contributed by atoms with E-state index in [9.17, 15) is 4.39 Å². The summed E-state index contributed by atoms with van der Waals surface area (Å²) in [5.74, 6) is -0.278. The van der Waals surface area contributed by atoms with Crippen molar-refractivity contribution >= 4 is 27.5 Å². The molecule has 0 aliphatic rings. The first-order valence-corrected chi connectivity index (χ1v) is 6.17. The summed E-state index contributed by atoms with van der Waals surface area (Å²) in [5, 5.41) is 1.11. The van der Waals surface area contributed by atoms with Crippen molar-refractivity contribution in [1.29, 1.82) is 0 Å². The van der Waals surface area contributed by atoms with E-state index in [-0.39, 0.29) is 5.82 Å². The quantitative estimate of drug-likeness (QED) is 0.590. The molecule has 0 unspecified atom stereocenters. The molecular formula is C12H8BrClFN. The Morgan fingerprint density at radius 1 is 1.25 bits per heavy atom. The van der Waals surface area contributed by atoms with Gasteiger partial charge in [0.25, 0.3) is 0 Å². The van der Waals surface area contributed by atoms with Gasteiger partial charge in [-0.2, -0.15) is 0 Å². The minimum atomic E-state index is -0.278. The molecule has 2 rings (SSSR count). The van der Waals surface area contributed by atoms with Gasteiger partial charge in [0.1, 0.15) is 11.0 Å². The van der Waals surface area contributed by atoms with Crippen LogP contribution < -0.4 is 0 Å².